The molecule has 0 saturated carbocycles. The van der Waals surface area contributed by atoms with Gasteiger partial charge in [0.15, 0.2) is 10.8 Å². The molecule has 0 aliphatic rings. The van der Waals surface area contributed by atoms with Crippen molar-refractivity contribution in [2.75, 3.05) is 18.5 Å². The third-order valence-electron chi connectivity index (χ3n) is 3.29. The molecule has 0 bridgehead atoms. The van der Waals surface area contributed by atoms with Gasteiger partial charge in [0, 0.05) is 10.9 Å². The van der Waals surface area contributed by atoms with E-state index in [9.17, 15) is 9.59 Å². The van der Waals surface area contributed by atoms with Crippen molar-refractivity contribution >= 4 is 28.3 Å². The van der Waals surface area contributed by atoms with Crippen molar-refractivity contribution in [2.24, 2.45) is 5.92 Å². The molecule has 0 radical (unpaired) electrons. The van der Waals surface area contributed by atoms with Gasteiger partial charge in [0.1, 0.15) is 5.75 Å². The zero-order valence-corrected chi connectivity index (χ0v) is 15.4. The lowest BCUT2D eigenvalue weighted by Crippen LogP contribution is -2.12. The van der Waals surface area contributed by atoms with Crippen LogP contribution in [0, 0.1) is 5.92 Å². The number of nitrogens with zero attached hydrogens (tertiary/aromatic N) is 1. The first-order valence-corrected chi connectivity index (χ1v) is 9.04. The highest BCUT2D eigenvalue weighted by Gasteiger charge is 2.14. The van der Waals surface area contributed by atoms with Gasteiger partial charge in [-0.3, -0.25) is 10.1 Å². The Bertz CT molecular complexity index is 710. The lowest BCUT2D eigenvalue weighted by molar-refractivity contribution is 0.0520. The molecule has 0 unspecified atom stereocenters. The first-order valence-electron chi connectivity index (χ1n) is 8.16. The van der Waals surface area contributed by atoms with E-state index >= 15 is 0 Å². The van der Waals surface area contributed by atoms with E-state index in [1.807, 2.05) is 0 Å². The fourth-order valence-corrected chi connectivity index (χ4v) is 2.59. The van der Waals surface area contributed by atoms with Crippen molar-refractivity contribution in [3.63, 3.8) is 0 Å². The quantitative estimate of drug-likeness (QED) is 0.718. The molecule has 0 aliphatic heterocycles. The van der Waals surface area contributed by atoms with Crippen molar-refractivity contribution in [1.82, 2.24) is 4.98 Å². The number of thiazole rings is 1. The van der Waals surface area contributed by atoms with Gasteiger partial charge in [-0.25, -0.2) is 9.78 Å². The van der Waals surface area contributed by atoms with Crippen LogP contribution in [0.2, 0.25) is 0 Å². The summed E-state index contributed by atoms with van der Waals surface area (Å²) in [6, 6.07) is 6.92. The summed E-state index contributed by atoms with van der Waals surface area (Å²) in [5.41, 5.74) is 0.681. The summed E-state index contributed by atoms with van der Waals surface area (Å²) in [6.07, 6.45) is 0.981. The summed E-state index contributed by atoms with van der Waals surface area (Å²) >= 11 is 1.18. The largest absolute Gasteiger partial charge is 0.494 e. The number of hydrogen-bond acceptors (Lipinski definition) is 6. The predicted octanol–water partition coefficient (Wildman–Crippen LogP) is 4.00. The Labute approximate surface area is 151 Å². The molecule has 0 spiro atoms. The second-order valence-electron chi connectivity index (χ2n) is 5.77. The Morgan fingerprint density at radius 1 is 1.24 bits per heavy atom. The number of esters is 1. The van der Waals surface area contributed by atoms with Crippen molar-refractivity contribution in [2.45, 2.75) is 27.2 Å². The maximum atomic E-state index is 12.2. The van der Waals surface area contributed by atoms with Gasteiger partial charge in [0.05, 0.1) is 13.2 Å². The average molecular weight is 362 g/mol. The number of amides is 1. The summed E-state index contributed by atoms with van der Waals surface area (Å²) < 4.78 is 10.5. The van der Waals surface area contributed by atoms with Crippen LogP contribution in [0.15, 0.2) is 29.6 Å². The van der Waals surface area contributed by atoms with Gasteiger partial charge in [-0.05, 0) is 43.5 Å². The van der Waals surface area contributed by atoms with Crippen molar-refractivity contribution in [3.8, 4) is 5.75 Å². The molecule has 6 nitrogen and oxygen atoms in total. The molecule has 2 aromatic rings. The van der Waals surface area contributed by atoms with Crippen LogP contribution in [-0.4, -0.2) is 30.1 Å². The minimum atomic E-state index is -0.498. The second-order valence-corrected chi connectivity index (χ2v) is 6.63. The zero-order valence-electron chi connectivity index (χ0n) is 14.6. The first kappa shape index (κ1) is 18.9. The van der Waals surface area contributed by atoms with Gasteiger partial charge in [0.25, 0.3) is 5.91 Å². The minimum Gasteiger partial charge on any atom is -0.494 e. The summed E-state index contributed by atoms with van der Waals surface area (Å²) in [6.45, 7) is 6.94. The molecule has 2 rings (SSSR count). The van der Waals surface area contributed by atoms with E-state index in [1.54, 1.807) is 36.6 Å². The molecule has 25 heavy (non-hydrogen) atoms. The fraction of sp³-hybridized carbons (Fsp3) is 0.389. The zero-order chi connectivity index (χ0) is 18.2. The number of anilines is 1. The number of ether oxygens (including phenoxy) is 2. The van der Waals surface area contributed by atoms with Crippen LogP contribution in [0.25, 0.3) is 0 Å². The molecule has 1 heterocycles. The molecule has 0 fully saturated rings. The number of aromatic nitrogens is 1. The molecular formula is C18H22N2O4S. The van der Waals surface area contributed by atoms with Gasteiger partial charge < -0.3 is 9.47 Å². The molecule has 1 aromatic heterocycles. The summed E-state index contributed by atoms with van der Waals surface area (Å²) in [7, 11) is 0. The number of carbonyl (C=O) groups is 2. The monoisotopic (exact) mass is 362 g/mol. The third-order valence-corrected chi connectivity index (χ3v) is 4.05. The minimum absolute atomic E-state index is 0.191. The van der Waals surface area contributed by atoms with E-state index in [0.717, 1.165) is 12.2 Å². The summed E-state index contributed by atoms with van der Waals surface area (Å²) in [5, 5.41) is 4.58. The predicted molar refractivity (Wildman–Crippen MR) is 97.4 cm³/mol. The number of nitrogens with one attached hydrogen (secondary N) is 1. The van der Waals surface area contributed by atoms with E-state index in [0.29, 0.717) is 23.2 Å². The van der Waals surface area contributed by atoms with Crippen molar-refractivity contribution in [1.29, 1.82) is 0 Å². The van der Waals surface area contributed by atoms with E-state index in [2.05, 4.69) is 24.1 Å². The molecule has 1 aromatic carbocycles. The van der Waals surface area contributed by atoms with Crippen LogP contribution >= 0.6 is 11.3 Å². The molecule has 0 atom stereocenters. The SMILES string of the molecule is CCOC(=O)c1csc(NC(=O)c2ccc(OCCC(C)C)cc2)n1. The van der Waals surface area contributed by atoms with Gasteiger partial charge >= 0.3 is 5.97 Å². The number of rotatable bonds is 8. The molecule has 134 valence electrons. The molecule has 7 heteroatoms. The number of benzene rings is 1. The van der Waals surface area contributed by atoms with E-state index < -0.39 is 5.97 Å². The van der Waals surface area contributed by atoms with Gasteiger partial charge in [-0.1, -0.05) is 13.8 Å². The Morgan fingerprint density at radius 2 is 1.96 bits per heavy atom. The van der Waals surface area contributed by atoms with Gasteiger partial charge in [-0.15, -0.1) is 11.3 Å². The summed E-state index contributed by atoms with van der Waals surface area (Å²) in [5.74, 6) is 0.527. The van der Waals surface area contributed by atoms with E-state index in [4.69, 9.17) is 9.47 Å². The van der Waals surface area contributed by atoms with Crippen LogP contribution in [0.1, 0.15) is 48.0 Å². The van der Waals surface area contributed by atoms with Crippen LogP contribution in [0.4, 0.5) is 5.13 Å². The van der Waals surface area contributed by atoms with Crippen LogP contribution in [-0.2, 0) is 4.74 Å². The smallest absolute Gasteiger partial charge is 0.357 e. The number of hydrogen-bond donors (Lipinski definition) is 1. The summed E-state index contributed by atoms with van der Waals surface area (Å²) in [4.78, 5) is 27.9. The standard InChI is InChI=1S/C18H22N2O4S/c1-4-23-17(22)15-11-25-18(19-15)20-16(21)13-5-7-14(8-6-13)24-10-9-12(2)3/h5-8,11-12H,4,9-10H2,1-3H3,(H,19,20,21). The van der Waals surface area contributed by atoms with Crippen molar-refractivity contribution < 1.29 is 19.1 Å². The Kier molecular flexibility index (Phi) is 6.94. The Balaban J connectivity index is 1.91. The van der Waals surface area contributed by atoms with E-state index in [1.165, 1.54) is 11.3 Å². The van der Waals surface area contributed by atoms with Gasteiger partial charge in [0.2, 0.25) is 0 Å². The highest BCUT2D eigenvalue weighted by Crippen LogP contribution is 2.18. The first-order chi connectivity index (χ1) is 12.0. The van der Waals surface area contributed by atoms with Gasteiger partial charge in [-0.2, -0.15) is 0 Å². The highest BCUT2D eigenvalue weighted by molar-refractivity contribution is 7.14. The molecule has 0 saturated heterocycles. The topological polar surface area (TPSA) is 77.5 Å². The Hall–Kier alpha value is -2.41. The molecule has 0 aliphatic carbocycles. The van der Waals surface area contributed by atoms with Crippen LogP contribution < -0.4 is 10.1 Å². The third kappa shape index (κ3) is 5.86. The molecule has 1 N–H and O–H groups in total. The van der Waals surface area contributed by atoms with Crippen molar-refractivity contribution in [3.05, 3.63) is 40.9 Å². The lowest BCUT2D eigenvalue weighted by Gasteiger charge is -2.08. The molecule has 1 amide bonds. The fourth-order valence-electron chi connectivity index (χ4n) is 1.91. The Morgan fingerprint density at radius 3 is 2.60 bits per heavy atom. The highest BCUT2D eigenvalue weighted by atomic mass is 32.1. The van der Waals surface area contributed by atoms with Crippen LogP contribution in [0.5, 0.6) is 5.75 Å². The van der Waals surface area contributed by atoms with E-state index in [-0.39, 0.29) is 18.2 Å². The average Bonchev–Trinajstić information content (AvgIpc) is 3.04. The normalized spacial score (nSPS) is 10.6. The van der Waals surface area contributed by atoms with Crippen LogP contribution in [0.3, 0.4) is 0 Å². The molecular weight excluding hydrogens is 340 g/mol. The second kappa shape index (κ2) is 9.17. The maximum absolute atomic E-state index is 12.2. The lowest BCUT2D eigenvalue weighted by atomic mass is 10.1. The maximum Gasteiger partial charge on any atom is 0.357 e. The number of carbonyl (C=O) groups excluding carboxylic acids is 2.